The van der Waals surface area contributed by atoms with E-state index in [-0.39, 0.29) is 43.3 Å². The van der Waals surface area contributed by atoms with Crippen molar-refractivity contribution in [3.63, 3.8) is 0 Å². The monoisotopic (exact) mass is 517 g/mol. The molecule has 0 N–H and O–H groups in total. The molecule has 0 atom stereocenters. The van der Waals surface area contributed by atoms with E-state index in [0.717, 1.165) is 10.2 Å². The van der Waals surface area contributed by atoms with E-state index in [1.807, 2.05) is 18.2 Å². The van der Waals surface area contributed by atoms with Gasteiger partial charge in [-0.1, -0.05) is 23.3 Å². The van der Waals surface area contributed by atoms with Crippen molar-refractivity contribution in [2.24, 2.45) is 4.99 Å². The van der Waals surface area contributed by atoms with Gasteiger partial charge in [-0.25, -0.2) is 8.42 Å². The van der Waals surface area contributed by atoms with Crippen LogP contribution in [0.25, 0.3) is 10.2 Å². The van der Waals surface area contributed by atoms with Crippen LogP contribution in [0.1, 0.15) is 10.4 Å². The second-order valence-corrected chi connectivity index (χ2v) is 10.3. The lowest BCUT2D eigenvalue weighted by Gasteiger charge is -2.21. The molecule has 1 aromatic heterocycles. The molecule has 3 rings (SSSR count). The topological polar surface area (TPSA) is 99.4 Å². The van der Waals surface area contributed by atoms with Crippen LogP contribution in [0.2, 0.25) is 0 Å². The van der Waals surface area contributed by atoms with Crippen molar-refractivity contribution < 1.29 is 27.4 Å². The molecule has 0 aliphatic rings. The summed E-state index contributed by atoms with van der Waals surface area (Å²) in [6.45, 7) is 1.07. The largest absolute Gasteiger partial charge is 0.495 e. The first-order valence-corrected chi connectivity index (χ1v) is 12.9. The molecule has 3 aromatic rings. The van der Waals surface area contributed by atoms with Crippen molar-refractivity contribution >= 4 is 37.5 Å². The van der Waals surface area contributed by atoms with Gasteiger partial charge in [0, 0.05) is 32.9 Å². The zero-order chi connectivity index (χ0) is 25.4. The van der Waals surface area contributed by atoms with E-state index in [0.29, 0.717) is 10.6 Å². The third kappa shape index (κ3) is 5.98. The van der Waals surface area contributed by atoms with E-state index in [2.05, 4.69) is 10.9 Å². The molecule has 2 aromatic carbocycles. The maximum absolute atomic E-state index is 13.1. The SMILES string of the molecule is C#CCn1c(=NC(=O)c2ccc(S(=O)(=O)N(CCOC)CCOC)cc2)sc2cccc(OC)c21. The van der Waals surface area contributed by atoms with Gasteiger partial charge < -0.3 is 18.8 Å². The van der Waals surface area contributed by atoms with Crippen molar-refractivity contribution in [3.05, 3.63) is 52.8 Å². The Hall–Kier alpha value is -3.01. The molecule has 11 heteroatoms. The van der Waals surface area contributed by atoms with Crippen molar-refractivity contribution in [1.82, 2.24) is 8.87 Å². The van der Waals surface area contributed by atoms with Crippen molar-refractivity contribution in [1.29, 1.82) is 0 Å². The lowest BCUT2D eigenvalue weighted by atomic mass is 10.2. The summed E-state index contributed by atoms with van der Waals surface area (Å²) in [5.41, 5.74) is 1.01. The molecule has 1 amide bonds. The van der Waals surface area contributed by atoms with Gasteiger partial charge >= 0.3 is 0 Å². The Morgan fingerprint density at radius 1 is 1.09 bits per heavy atom. The van der Waals surface area contributed by atoms with Gasteiger partial charge in [-0.2, -0.15) is 9.30 Å². The number of fused-ring (bicyclic) bond motifs is 1. The minimum atomic E-state index is -3.79. The molecule has 0 unspecified atom stereocenters. The summed E-state index contributed by atoms with van der Waals surface area (Å²) in [5.74, 6) is 2.70. The van der Waals surface area contributed by atoms with Gasteiger partial charge in [0.2, 0.25) is 10.0 Å². The van der Waals surface area contributed by atoms with Crippen LogP contribution in [0.5, 0.6) is 5.75 Å². The van der Waals surface area contributed by atoms with Gasteiger partial charge in [0.05, 0.1) is 36.5 Å². The van der Waals surface area contributed by atoms with E-state index >= 15 is 0 Å². The average molecular weight is 518 g/mol. The highest BCUT2D eigenvalue weighted by molar-refractivity contribution is 7.89. The smallest absolute Gasteiger partial charge is 0.279 e. The highest BCUT2D eigenvalue weighted by Crippen LogP contribution is 2.27. The normalized spacial score (nSPS) is 12.3. The van der Waals surface area contributed by atoms with Crippen LogP contribution in [0.15, 0.2) is 52.4 Å². The molecule has 0 bridgehead atoms. The van der Waals surface area contributed by atoms with Gasteiger partial charge in [0.1, 0.15) is 11.3 Å². The molecule has 0 aliphatic heterocycles. The number of amides is 1. The van der Waals surface area contributed by atoms with Crippen LogP contribution < -0.4 is 9.54 Å². The zero-order valence-corrected chi connectivity index (χ0v) is 21.4. The molecule has 0 saturated carbocycles. The summed E-state index contributed by atoms with van der Waals surface area (Å²) in [6.07, 6.45) is 5.55. The summed E-state index contributed by atoms with van der Waals surface area (Å²) < 4.78 is 45.5. The number of ether oxygens (including phenoxy) is 3. The quantitative estimate of drug-likeness (QED) is 0.362. The number of sulfonamides is 1. The second-order valence-electron chi connectivity index (χ2n) is 7.31. The van der Waals surface area contributed by atoms with Crippen LogP contribution in [-0.4, -0.2) is 70.8 Å². The summed E-state index contributed by atoms with van der Waals surface area (Å²) in [6, 6.07) is 11.3. The van der Waals surface area contributed by atoms with Crippen LogP contribution in [-0.2, 0) is 26.0 Å². The van der Waals surface area contributed by atoms with E-state index in [9.17, 15) is 13.2 Å². The first-order chi connectivity index (χ1) is 16.9. The number of rotatable bonds is 11. The van der Waals surface area contributed by atoms with Crippen LogP contribution in [0, 0.1) is 12.3 Å². The molecule has 1 heterocycles. The predicted octanol–water partition coefficient (Wildman–Crippen LogP) is 2.37. The predicted molar refractivity (Wildman–Crippen MR) is 134 cm³/mol. The first kappa shape index (κ1) is 26.6. The Kier molecular flexibility index (Phi) is 9.20. The lowest BCUT2D eigenvalue weighted by Crippen LogP contribution is -2.36. The Morgan fingerprint density at radius 2 is 1.74 bits per heavy atom. The van der Waals surface area contributed by atoms with E-state index < -0.39 is 15.9 Å². The van der Waals surface area contributed by atoms with Gasteiger partial charge in [0.15, 0.2) is 4.80 Å². The molecule has 0 radical (unpaired) electrons. The maximum Gasteiger partial charge on any atom is 0.279 e. The van der Waals surface area contributed by atoms with Gasteiger partial charge in [-0.05, 0) is 36.4 Å². The minimum absolute atomic E-state index is 0.0650. The number of thiazole rings is 1. The zero-order valence-electron chi connectivity index (χ0n) is 19.8. The first-order valence-electron chi connectivity index (χ1n) is 10.6. The van der Waals surface area contributed by atoms with E-state index in [1.54, 1.807) is 11.7 Å². The Labute approximate surface area is 208 Å². The Balaban J connectivity index is 1.94. The third-order valence-electron chi connectivity index (χ3n) is 5.16. The Morgan fingerprint density at radius 3 is 2.31 bits per heavy atom. The second kappa shape index (κ2) is 12.1. The van der Waals surface area contributed by atoms with E-state index in [4.69, 9.17) is 20.6 Å². The number of hydrogen-bond donors (Lipinski definition) is 0. The van der Waals surface area contributed by atoms with Crippen LogP contribution in [0.4, 0.5) is 0 Å². The standard InChI is InChI=1S/C24H27N3O6S2/c1-5-13-27-22-20(33-4)7-6-8-21(22)34-24(27)25-23(28)18-9-11-19(12-10-18)35(29,30)26(14-16-31-2)15-17-32-3/h1,6-12H,13-17H2,2-4H3. The summed E-state index contributed by atoms with van der Waals surface area (Å²) in [7, 11) is 0.783. The number of nitrogens with zero attached hydrogens (tertiary/aromatic N) is 3. The summed E-state index contributed by atoms with van der Waals surface area (Å²) >= 11 is 1.32. The number of hydrogen-bond acceptors (Lipinski definition) is 7. The number of benzene rings is 2. The molecular weight excluding hydrogens is 490 g/mol. The fourth-order valence-corrected chi connectivity index (χ4v) is 5.85. The molecule has 35 heavy (non-hydrogen) atoms. The molecule has 0 saturated heterocycles. The highest BCUT2D eigenvalue weighted by Gasteiger charge is 2.24. The van der Waals surface area contributed by atoms with Gasteiger partial charge in [-0.3, -0.25) is 4.79 Å². The molecular formula is C24H27N3O6S2. The summed E-state index contributed by atoms with van der Waals surface area (Å²) in [4.78, 5) is 17.7. The molecule has 186 valence electrons. The third-order valence-corrected chi connectivity index (χ3v) is 8.12. The average Bonchev–Trinajstić information content (AvgIpc) is 3.21. The number of terminal acetylenes is 1. The minimum Gasteiger partial charge on any atom is -0.495 e. The fourth-order valence-electron chi connectivity index (χ4n) is 3.39. The Bertz CT molecular complexity index is 1380. The van der Waals surface area contributed by atoms with E-state index in [1.165, 1.54) is 54.1 Å². The number of para-hydroxylation sites is 1. The van der Waals surface area contributed by atoms with Crippen LogP contribution >= 0.6 is 11.3 Å². The maximum atomic E-state index is 13.1. The van der Waals surface area contributed by atoms with Gasteiger partial charge in [-0.15, -0.1) is 6.42 Å². The molecule has 9 nitrogen and oxygen atoms in total. The van der Waals surface area contributed by atoms with Crippen LogP contribution in [0.3, 0.4) is 0 Å². The van der Waals surface area contributed by atoms with Crippen molar-refractivity contribution in [3.8, 4) is 18.1 Å². The van der Waals surface area contributed by atoms with Crippen molar-refractivity contribution in [2.75, 3.05) is 47.6 Å². The van der Waals surface area contributed by atoms with Gasteiger partial charge in [0.25, 0.3) is 5.91 Å². The summed E-state index contributed by atoms with van der Waals surface area (Å²) in [5, 5.41) is 0. The molecule has 0 aliphatic carbocycles. The lowest BCUT2D eigenvalue weighted by molar-refractivity contribution is 0.0997. The number of carbonyl (C=O) groups excluding carboxylic acids is 1. The number of carbonyl (C=O) groups is 1. The molecule has 0 spiro atoms. The molecule has 0 fully saturated rings. The number of aromatic nitrogens is 1. The fraction of sp³-hybridized carbons (Fsp3) is 0.333. The highest BCUT2D eigenvalue weighted by atomic mass is 32.2. The van der Waals surface area contributed by atoms with Crippen molar-refractivity contribution in [2.45, 2.75) is 11.4 Å². The number of methoxy groups -OCH3 is 3.